The van der Waals surface area contributed by atoms with Gasteiger partial charge in [0.2, 0.25) is 4.77 Å². The van der Waals surface area contributed by atoms with Gasteiger partial charge in [-0.05, 0) is 63.2 Å². The van der Waals surface area contributed by atoms with Gasteiger partial charge >= 0.3 is 0 Å². The summed E-state index contributed by atoms with van der Waals surface area (Å²) in [5.41, 5.74) is 0.985. The second-order valence-corrected chi connectivity index (χ2v) is 7.80. The van der Waals surface area contributed by atoms with Crippen LogP contribution in [0.1, 0.15) is 32.7 Å². The molecule has 8 heteroatoms. The lowest BCUT2D eigenvalue weighted by Gasteiger charge is -2.13. The van der Waals surface area contributed by atoms with E-state index in [4.69, 9.17) is 22.1 Å². The first-order chi connectivity index (χ1) is 12.9. The predicted octanol–water partition coefficient (Wildman–Crippen LogP) is 1.42. The Hall–Kier alpha value is -2.19. The Kier molecular flexibility index (Phi) is 5.96. The van der Waals surface area contributed by atoms with Gasteiger partial charge in [0.25, 0.3) is 5.91 Å². The number of benzene rings is 1. The minimum atomic E-state index is 0.0835. The third kappa shape index (κ3) is 4.75. The van der Waals surface area contributed by atoms with Gasteiger partial charge in [0.05, 0.1) is 14.2 Å². The molecule has 0 radical (unpaired) electrons. The molecule has 0 spiro atoms. The molecule has 7 nitrogen and oxygen atoms in total. The molecule has 2 aromatic rings. The highest BCUT2D eigenvalue weighted by atomic mass is 32.1. The number of quaternary nitrogens is 1. The van der Waals surface area contributed by atoms with Crippen molar-refractivity contribution in [3.05, 3.63) is 29.0 Å². The van der Waals surface area contributed by atoms with Crippen LogP contribution in [-0.2, 0) is 11.5 Å². The summed E-state index contributed by atoms with van der Waals surface area (Å²) in [7, 11) is 3.63. The Morgan fingerprint density at radius 3 is 2.59 bits per heavy atom. The number of rotatable bonds is 8. The Morgan fingerprint density at radius 2 is 2.04 bits per heavy atom. The van der Waals surface area contributed by atoms with Crippen molar-refractivity contribution in [2.24, 2.45) is 0 Å². The average molecular weight is 391 g/mol. The number of nitrogens with one attached hydrogen (secondary N) is 2. The number of nitrogens with zero attached hydrogens (tertiary/aromatic N) is 3. The Balaban J connectivity index is 1.80. The maximum absolute atomic E-state index is 12.0. The van der Waals surface area contributed by atoms with E-state index in [0.29, 0.717) is 24.0 Å². The van der Waals surface area contributed by atoms with Crippen LogP contribution in [0.4, 0.5) is 0 Å². The summed E-state index contributed by atoms with van der Waals surface area (Å²) in [5, 5.41) is 7.78. The zero-order valence-corrected chi connectivity index (χ0v) is 17.2. The van der Waals surface area contributed by atoms with Crippen molar-refractivity contribution in [2.75, 3.05) is 20.7 Å². The number of likely N-dealkylation sites (N-methyl/N-ethyl adjacent to an activating group) is 1. The molecule has 1 saturated carbocycles. The van der Waals surface area contributed by atoms with Crippen LogP contribution in [0, 0.1) is 4.77 Å². The minimum absolute atomic E-state index is 0.0835. The summed E-state index contributed by atoms with van der Waals surface area (Å²) in [6.45, 7) is 5.13. The Morgan fingerprint density at radius 1 is 1.37 bits per heavy atom. The second-order valence-electron chi connectivity index (χ2n) is 7.43. The molecule has 3 rings (SSSR count). The van der Waals surface area contributed by atoms with Crippen LogP contribution in [0.25, 0.3) is 11.4 Å². The zero-order chi connectivity index (χ0) is 19.6. The highest BCUT2D eigenvalue weighted by molar-refractivity contribution is 7.71. The lowest BCUT2D eigenvalue weighted by molar-refractivity contribution is -0.895. The van der Waals surface area contributed by atoms with Crippen molar-refractivity contribution >= 4 is 18.1 Å². The van der Waals surface area contributed by atoms with Crippen molar-refractivity contribution in [2.45, 2.75) is 45.4 Å². The SMILES string of the molecule is COc1ccc(-c2nn(C[NH+](C)CC(=O)NC3CC3)c(=S)n2C(C)C)cc1. The van der Waals surface area contributed by atoms with Crippen LogP contribution in [-0.4, -0.2) is 47.0 Å². The molecule has 1 fully saturated rings. The van der Waals surface area contributed by atoms with Crippen LogP contribution in [0.2, 0.25) is 0 Å². The van der Waals surface area contributed by atoms with Crippen LogP contribution in [0.3, 0.4) is 0 Å². The minimum Gasteiger partial charge on any atom is -0.497 e. The maximum atomic E-state index is 12.0. The molecule has 2 N–H and O–H groups in total. The van der Waals surface area contributed by atoms with Gasteiger partial charge in [0.1, 0.15) is 5.75 Å². The molecule has 146 valence electrons. The Labute approximate surface area is 164 Å². The zero-order valence-electron chi connectivity index (χ0n) is 16.4. The fourth-order valence-corrected chi connectivity index (χ4v) is 3.42. The van der Waals surface area contributed by atoms with Gasteiger partial charge in [0.15, 0.2) is 19.0 Å². The number of methoxy groups -OCH3 is 1. The van der Waals surface area contributed by atoms with Crippen molar-refractivity contribution in [3.8, 4) is 17.1 Å². The summed E-state index contributed by atoms with van der Waals surface area (Å²) in [6, 6.07) is 8.37. The molecule has 1 aliphatic rings. The molecule has 1 amide bonds. The first-order valence-electron chi connectivity index (χ1n) is 9.33. The van der Waals surface area contributed by atoms with Gasteiger partial charge in [-0.2, -0.15) is 4.68 Å². The first-order valence-corrected chi connectivity index (χ1v) is 9.74. The van der Waals surface area contributed by atoms with Gasteiger partial charge in [-0.3, -0.25) is 9.36 Å². The first kappa shape index (κ1) is 19.6. The molecule has 1 aliphatic carbocycles. The molecule has 0 saturated heterocycles. The quantitative estimate of drug-likeness (QED) is 0.669. The van der Waals surface area contributed by atoms with E-state index in [1.54, 1.807) is 7.11 Å². The highest BCUT2D eigenvalue weighted by Gasteiger charge is 2.25. The summed E-state index contributed by atoms with van der Waals surface area (Å²) in [6.07, 6.45) is 2.19. The molecule has 1 unspecified atom stereocenters. The van der Waals surface area contributed by atoms with Crippen molar-refractivity contribution < 1.29 is 14.4 Å². The van der Waals surface area contributed by atoms with E-state index < -0.39 is 0 Å². The summed E-state index contributed by atoms with van der Waals surface area (Å²) < 4.78 is 9.77. The van der Waals surface area contributed by atoms with Crippen molar-refractivity contribution in [3.63, 3.8) is 0 Å². The van der Waals surface area contributed by atoms with E-state index >= 15 is 0 Å². The number of hydrogen-bond acceptors (Lipinski definition) is 4. The number of carbonyl (C=O) groups excluding carboxylic acids is 1. The average Bonchev–Trinajstić information content (AvgIpc) is 3.37. The predicted molar refractivity (Wildman–Crippen MR) is 106 cm³/mol. The lowest BCUT2D eigenvalue weighted by atomic mass is 10.2. The van der Waals surface area contributed by atoms with Crippen LogP contribution < -0.4 is 15.0 Å². The van der Waals surface area contributed by atoms with E-state index in [9.17, 15) is 4.79 Å². The van der Waals surface area contributed by atoms with E-state index in [-0.39, 0.29) is 11.9 Å². The molecule has 0 aliphatic heterocycles. The van der Waals surface area contributed by atoms with Crippen LogP contribution >= 0.6 is 12.2 Å². The molecule has 0 bridgehead atoms. The summed E-state index contributed by atoms with van der Waals surface area (Å²) in [5.74, 6) is 1.71. The number of amides is 1. The third-order valence-electron chi connectivity index (χ3n) is 4.56. The smallest absolute Gasteiger partial charge is 0.275 e. The standard InChI is InChI=1S/C19H27N5O2S/c1-13(2)24-18(14-5-9-16(26-4)10-6-14)21-23(19(24)27)12-22(3)11-17(25)20-15-7-8-15/h5-6,9-10,13,15H,7-8,11-12H2,1-4H3,(H,20,25)/p+1. The fourth-order valence-electron chi connectivity index (χ4n) is 3.02. The van der Waals surface area contributed by atoms with E-state index in [1.165, 1.54) is 0 Å². The van der Waals surface area contributed by atoms with E-state index in [1.807, 2.05) is 36.0 Å². The van der Waals surface area contributed by atoms with Gasteiger partial charge in [0, 0.05) is 17.6 Å². The normalized spacial score (nSPS) is 15.0. The number of ether oxygens (including phenoxy) is 1. The monoisotopic (exact) mass is 390 g/mol. The van der Waals surface area contributed by atoms with Gasteiger partial charge < -0.3 is 15.0 Å². The maximum Gasteiger partial charge on any atom is 0.275 e. The van der Waals surface area contributed by atoms with Crippen molar-refractivity contribution in [1.29, 1.82) is 0 Å². The second kappa shape index (κ2) is 8.22. The fraction of sp³-hybridized carbons (Fsp3) is 0.526. The topological polar surface area (TPSA) is 65.5 Å². The number of aromatic nitrogens is 3. The lowest BCUT2D eigenvalue weighted by Crippen LogP contribution is -3.09. The van der Waals surface area contributed by atoms with Crippen molar-refractivity contribution in [1.82, 2.24) is 19.7 Å². The van der Waals surface area contributed by atoms with Crippen LogP contribution in [0.15, 0.2) is 24.3 Å². The van der Waals surface area contributed by atoms with Gasteiger partial charge in [-0.15, -0.1) is 5.10 Å². The molecule has 1 heterocycles. The van der Waals surface area contributed by atoms with Crippen LogP contribution in [0.5, 0.6) is 5.75 Å². The molecular formula is C19H28N5O2S+. The molecule has 1 aromatic carbocycles. The highest BCUT2D eigenvalue weighted by Crippen LogP contribution is 2.24. The van der Waals surface area contributed by atoms with Gasteiger partial charge in [-0.25, -0.2) is 0 Å². The van der Waals surface area contributed by atoms with E-state index in [0.717, 1.165) is 34.9 Å². The largest absolute Gasteiger partial charge is 0.497 e. The van der Waals surface area contributed by atoms with Gasteiger partial charge in [-0.1, -0.05) is 0 Å². The molecular weight excluding hydrogens is 362 g/mol. The Bertz CT molecular complexity index is 852. The van der Waals surface area contributed by atoms with E-state index in [2.05, 4.69) is 23.7 Å². The number of carbonyl (C=O) groups is 1. The molecule has 27 heavy (non-hydrogen) atoms. The number of hydrogen-bond donors (Lipinski definition) is 2. The molecule has 1 aromatic heterocycles. The molecule has 1 atom stereocenters. The summed E-state index contributed by atoms with van der Waals surface area (Å²) >= 11 is 5.67. The third-order valence-corrected chi connectivity index (χ3v) is 4.97. The summed E-state index contributed by atoms with van der Waals surface area (Å²) in [4.78, 5) is 13.1.